The molecule has 0 fully saturated rings. The zero-order valence-electron chi connectivity index (χ0n) is 11.2. The first-order valence-corrected chi connectivity index (χ1v) is 7.34. The number of ether oxygens (including phenoxy) is 1. The number of amides is 1. The number of carbonyl (C=O) groups excluding carboxylic acids is 1. The summed E-state index contributed by atoms with van der Waals surface area (Å²) in [5, 5.41) is 0.233. The average Bonchev–Trinajstić information content (AvgIpc) is 2.87. The second kappa shape index (κ2) is 6.81. The van der Waals surface area contributed by atoms with Crippen molar-refractivity contribution >= 4 is 28.5 Å². The minimum atomic E-state index is -0.557. The first kappa shape index (κ1) is 15.6. The van der Waals surface area contributed by atoms with Gasteiger partial charge in [0.05, 0.1) is 0 Å². The zero-order chi connectivity index (χ0) is 15.4. The molecule has 0 N–H and O–H groups in total. The van der Waals surface area contributed by atoms with Crippen molar-refractivity contribution in [3.05, 3.63) is 35.4 Å². The Morgan fingerprint density at radius 2 is 2.19 bits per heavy atom. The predicted molar refractivity (Wildman–Crippen MR) is 75.5 cm³/mol. The van der Waals surface area contributed by atoms with Crippen LogP contribution in [0.15, 0.2) is 23.4 Å². The molecule has 0 aliphatic rings. The average molecular weight is 331 g/mol. The summed E-state index contributed by atoms with van der Waals surface area (Å²) < 4.78 is 35.6. The van der Waals surface area contributed by atoms with Crippen molar-refractivity contribution in [1.29, 1.82) is 0 Å². The van der Waals surface area contributed by atoms with Gasteiger partial charge in [-0.25, -0.2) is 8.78 Å². The molecular weight excluding hydrogens is 320 g/mol. The molecule has 2 rings (SSSR count). The molecule has 0 aliphatic heterocycles. The van der Waals surface area contributed by atoms with E-state index in [1.165, 1.54) is 4.90 Å². The predicted octanol–water partition coefficient (Wildman–Crippen LogP) is 3.17. The molecule has 1 aromatic heterocycles. The van der Waals surface area contributed by atoms with Crippen LogP contribution >= 0.6 is 23.3 Å². The lowest BCUT2D eigenvalue weighted by molar-refractivity contribution is 0.241. The van der Waals surface area contributed by atoms with Gasteiger partial charge in [-0.3, -0.25) is 4.79 Å². The molecule has 9 heteroatoms. The van der Waals surface area contributed by atoms with Crippen LogP contribution in [0.2, 0.25) is 0 Å². The molecule has 0 unspecified atom stereocenters. The summed E-state index contributed by atoms with van der Waals surface area (Å²) in [6.45, 7) is -0.162. The van der Waals surface area contributed by atoms with E-state index in [2.05, 4.69) is 9.36 Å². The number of benzene rings is 1. The quantitative estimate of drug-likeness (QED) is 0.806. The lowest BCUT2D eigenvalue weighted by Gasteiger charge is -2.06. The monoisotopic (exact) mass is 331 g/mol. The molecule has 0 saturated heterocycles. The lowest BCUT2D eigenvalue weighted by atomic mass is 10.2. The fraction of sp³-hybridized carbons (Fsp3) is 0.250. The van der Waals surface area contributed by atoms with Gasteiger partial charge >= 0.3 is 0 Å². The molecule has 0 spiro atoms. The molecule has 1 heterocycles. The third-order valence-corrected chi connectivity index (χ3v) is 3.94. The minimum absolute atomic E-state index is 0.0868. The molecule has 0 bridgehead atoms. The normalized spacial score (nSPS) is 10.5. The molecular formula is C12H11F2N3O2S2. The standard InChI is InChI=1S/C12H11F2N3O2S2/c1-17(2)12(18)20-10-15-11(21-16-10)19-6-7-5-8(13)3-4-9(7)14/h3-5H,6H2,1-2H3. The molecule has 2 aromatic rings. The first-order valence-electron chi connectivity index (χ1n) is 5.75. The van der Waals surface area contributed by atoms with Crippen LogP contribution in [0.3, 0.4) is 0 Å². The van der Waals surface area contributed by atoms with Gasteiger partial charge in [0, 0.05) is 43.0 Å². The third kappa shape index (κ3) is 4.36. The second-order valence-electron chi connectivity index (χ2n) is 4.13. The van der Waals surface area contributed by atoms with E-state index in [4.69, 9.17) is 4.74 Å². The van der Waals surface area contributed by atoms with E-state index in [9.17, 15) is 13.6 Å². The second-order valence-corrected chi connectivity index (χ2v) is 5.76. The van der Waals surface area contributed by atoms with Crippen LogP contribution in [0, 0.1) is 11.6 Å². The largest absolute Gasteiger partial charge is 0.464 e. The molecule has 5 nitrogen and oxygen atoms in total. The van der Waals surface area contributed by atoms with E-state index in [1.807, 2.05) is 0 Å². The highest BCUT2D eigenvalue weighted by Gasteiger charge is 2.13. The minimum Gasteiger partial charge on any atom is -0.464 e. The Hall–Kier alpha value is -1.74. The van der Waals surface area contributed by atoms with Crippen LogP contribution in [0.4, 0.5) is 13.6 Å². The van der Waals surface area contributed by atoms with Gasteiger partial charge in [0.2, 0.25) is 5.16 Å². The lowest BCUT2D eigenvalue weighted by Crippen LogP contribution is -2.16. The van der Waals surface area contributed by atoms with Gasteiger partial charge in [-0.15, -0.1) is 0 Å². The summed E-state index contributed by atoms with van der Waals surface area (Å²) in [6, 6.07) is 3.12. The summed E-state index contributed by atoms with van der Waals surface area (Å²) in [4.78, 5) is 16.8. The Morgan fingerprint density at radius 3 is 2.90 bits per heavy atom. The van der Waals surface area contributed by atoms with E-state index < -0.39 is 11.6 Å². The van der Waals surface area contributed by atoms with E-state index in [-0.39, 0.29) is 27.8 Å². The third-order valence-electron chi connectivity index (χ3n) is 2.29. The number of halogens is 2. The van der Waals surface area contributed by atoms with Gasteiger partial charge in [0.25, 0.3) is 10.4 Å². The van der Waals surface area contributed by atoms with E-state index >= 15 is 0 Å². The van der Waals surface area contributed by atoms with Crippen molar-refractivity contribution in [2.24, 2.45) is 0 Å². The molecule has 0 aliphatic carbocycles. The maximum Gasteiger partial charge on any atom is 0.294 e. The first-order chi connectivity index (χ1) is 9.95. The molecule has 1 amide bonds. The Bertz CT molecular complexity index is 649. The van der Waals surface area contributed by atoms with E-state index in [0.717, 1.165) is 41.5 Å². The molecule has 0 radical (unpaired) electrons. The molecule has 0 saturated carbocycles. The number of hydrogen-bond donors (Lipinski definition) is 0. The van der Waals surface area contributed by atoms with Crippen LogP contribution < -0.4 is 4.74 Å². The molecule has 21 heavy (non-hydrogen) atoms. The highest BCUT2D eigenvalue weighted by Crippen LogP contribution is 2.24. The van der Waals surface area contributed by atoms with Crippen molar-refractivity contribution in [3.63, 3.8) is 0 Å². The SMILES string of the molecule is CN(C)C(=O)Sc1nsc(OCc2cc(F)ccc2F)n1. The number of nitrogens with zero attached hydrogens (tertiary/aromatic N) is 3. The van der Waals surface area contributed by atoms with Gasteiger partial charge in [0.15, 0.2) is 0 Å². The number of carbonyl (C=O) groups is 1. The zero-order valence-corrected chi connectivity index (χ0v) is 12.8. The Balaban J connectivity index is 1.97. The summed E-state index contributed by atoms with van der Waals surface area (Å²) in [6.07, 6.45) is 0. The fourth-order valence-corrected chi connectivity index (χ4v) is 2.48. The summed E-state index contributed by atoms with van der Waals surface area (Å²) >= 11 is 1.80. The summed E-state index contributed by atoms with van der Waals surface area (Å²) in [5.74, 6) is -1.10. The van der Waals surface area contributed by atoms with Crippen LogP contribution in [0.5, 0.6) is 5.19 Å². The highest BCUT2D eigenvalue weighted by molar-refractivity contribution is 8.13. The van der Waals surface area contributed by atoms with Gasteiger partial charge in [-0.05, 0) is 18.2 Å². The van der Waals surface area contributed by atoms with Crippen molar-refractivity contribution in [2.45, 2.75) is 11.8 Å². The van der Waals surface area contributed by atoms with Crippen LogP contribution in [-0.2, 0) is 6.61 Å². The summed E-state index contributed by atoms with van der Waals surface area (Å²) in [5.41, 5.74) is 0.0868. The van der Waals surface area contributed by atoms with Crippen molar-refractivity contribution in [1.82, 2.24) is 14.3 Å². The summed E-state index contributed by atoms with van der Waals surface area (Å²) in [7, 11) is 3.23. The van der Waals surface area contributed by atoms with Crippen molar-refractivity contribution < 1.29 is 18.3 Å². The number of rotatable bonds is 4. The van der Waals surface area contributed by atoms with Crippen molar-refractivity contribution in [3.8, 4) is 5.19 Å². The van der Waals surface area contributed by atoms with E-state index in [1.54, 1.807) is 14.1 Å². The molecule has 0 atom stereocenters. The van der Waals surface area contributed by atoms with Gasteiger partial charge in [-0.1, -0.05) is 0 Å². The highest BCUT2D eigenvalue weighted by atomic mass is 32.2. The maximum absolute atomic E-state index is 13.4. The smallest absolute Gasteiger partial charge is 0.294 e. The fourth-order valence-electron chi connectivity index (χ4n) is 1.26. The Morgan fingerprint density at radius 1 is 1.43 bits per heavy atom. The van der Waals surface area contributed by atoms with Gasteiger partial charge in [0.1, 0.15) is 18.2 Å². The van der Waals surface area contributed by atoms with Crippen LogP contribution in [0.1, 0.15) is 5.56 Å². The molecule has 1 aromatic carbocycles. The number of aromatic nitrogens is 2. The van der Waals surface area contributed by atoms with Crippen molar-refractivity contribution in [2.75, 3.05) is 14.1 Å². The number of hydrogen-bond acceptors (Lipinski definition) is 6. The Labute approximate surface area is 128 Å². The number of thioether (sulfide) groups is 1. The van der Waals surface area contributed by atoms with Gasteiger partial charge in [-0.2, -0.15) is 9.36 Å². The van der Waals surface area contributed by atoms with Crippen LogP contribution in [-0.4, -0.2) is 33.6 Å². The van der Waals surface area contributed by atoms with Gasteiger partial charge < -0.3 is 9.64 Å². The molecule has 112 valence electrons. The topological polar surface area (TPSA) is 55.3 Å². The maximum atomic E-state index is 13.4. The Kier molecular flexibility index (Phi) is 5.07. The van der Waals surface area contributed by atoms with Crippen LogP contribution in [0.25, 0.3) is 0 Å². The van der Waals surface area contributed by atoms with E-state index in [0.29, 0.717) is 0 Å².